The average molecular weight is 242 g/mol. The summed E-state index contributed by atoms with van der Waals surface area (Å²) in [5, 5.41) is 0.433. The number of aromatic nitrogens is 1. The van der Waals surface area contributed by atoms with Crippen molar-refractivity contribution in [2.75, 3.05) is 5.75 Å². The van der Waals surface area contributed by atoms with Gasteiger partial charge in [-0.1, -0.05) is 35.2 Å². The molecule has 0 radical (unpaired) electrons. The van der Waals surface area contributed by atoms with Gasteiger partial charge in [0.25, 0.3) is 5.56 Å². The minimum atomic E-state index is -0.278. The van der Waals surface area contributed by atoms with E-state index in [2.05, 4.69) is 16.8 Å². The number of hydrogen-bond donors (Lipinski definition) is 1. The first-order valence-corrected chi connectivity index (χ1v) is 5.46. The van der Waals surface area contributed by atoms with E-state index in [0.717, 1.165) is 11.8 Å². The van der Waals surface area contributed by atoms with Crippen molar-refractivity contribution < 1.29 is 4.79 Å². The van der Waals surface area contributed by atoms with Crippen molar-refractivity contribution in [2.24, 2.45) is 0 Å². The highest BCUT2D eigenvalue weighted by molar-refractivity contribution is 8.13. The maximum atomic E-state index is 11.2. The Morgan fingerprint density at radius 3 is 3.07 bits per heavy atom. The molecular weight excluding hydrogens is 234 g/mol. The SMILES string of the molecule is CC(=O)SCC#Cc1cc(Cl)c[nH]c1=O. The number of H-pyrrole nitrogens is 1. The monoisotopic (exact) mass is 241 g/mol. The van der Waals surface area contributed by atoms with Crippen LogP contribution in [0.5, 0.6) is 0 Å². The largest absolute Gasteiger partial charge is 0.327 e. The summed E-state index contributed by atoms with van der Waals surface area (Å²) in [6, 6.07) is 1.49. The lowest BCUT2D eigenvalue weighted by molar-refractivity contribution is -0.109. The molecule has 1 aromatic rings. The fourth-order valence-electron chi connectivity index (χ4n) is 0.819. The van der Waals surface area contributed by atoms with Crippen molar-refractivity contribution in [3.05, 3.63) is 33.2 Å². The lowest BCUT2D eigenvalue weighted by Crippen LogP contribution is -2.08. The maximum Gasteiger partial charge on any atom is 0.263 e. The average Bonchev–Trinajstić information content (AvgIpc) is 2.17. The first kappa shape index (κ1) is 11.9. The first-order chi connectivity index (χ1) is 7.09. The molecule has 0 spiro atoms. The Morgan fingerprint density at radius 1 is 1.67 bits per heavy atom. The highest BCUT2D eigenvalue weighted by Crippen LogP contribution is 2.04. The van der Waals surface area contributed by atoms with E-state index < -0.39 is 0 Å². The van der Waals surface area contributed by atoms with Gasteiger partial charge in [0.1, 0.15) is 0 Å². The van der Waals surface area contributed by atoms with Gasteiger partial charge in [0.05, 0.1) is 16.3 Å². The Hall–Kier alpha value is -1.18. The fraction of sp³-hybridized carbons (Fsp3) is 0.200. The van der Waals surface area contributed by atoms with E-state index in [4.69, 9.17) is 11.6 Å². The Balaban J connectivity index is 2.75. The van der Waals surface area contributed by atoms with Crippen LogP contribution in [0.3, 0.4) is 0 Å². The molecule has 1 rings (SSSR count). The van der Waals surface area contributed by atoms with Crippen LogP contribution in [0.25, 0.3) is 0 Å². The fourth-order valence-corrected chi connectivity index (χ4v) is 1.33. The molecule has 0 aromatic carbocycles. The zero-order valence-electron chi connectivity index (χ0n) is 7.96. The number of carbonyl (C=O) groups is 1. The lowest BCUT2D eigenvalue weighted by Gasteiger charge is -1.90. The third-order valence-electron chi connectivity index (χ3n) is 1.44. The van der Waals surface area contributed by atoms with Gasteiger partial charge in [0.15, 0.2) is 5.12 Å². The van der Waals surface area contributed by atoms with Crippen LogP contribution >= 0.6 is 23.4 Å². The highest BCUT2D eigenvalue weighted by Gasteiger charge is 1.96. The molecule has 15 heavy (non-hydrogen) atoms. The van der Waals surface area contributed by atoms with E-state index in [1.54, 1.807) is 0 Å². The minimum absolute atomic E-state index is 0.00398. The van der Waals surface area contributed by atoms with Crippen molar-refractivity contribution in [3.8, 4) is 11.8 Å². The zero-order chi connectivity index (χ0) is 11.3. The smallest absolute Gasteiger partial charge is 0.263 e. The summed E-state index contributed by atoms with van der Waals surface area (Å²) in [5.74, 6) is 5.75. The third kappa shape index (κ3) is 4.24. The molecule has 0 fully saturated rings. The van der Waals surface area contributed by atoms with Crippen LogP contribution in [0.2, 0.25) is 5.02 Å². The van der Waals surface area contributed by atoms with E-state index in [1.165, 1.54) is 19.2 Å². The van der Waals surface area contributed by atoms with Crippen molar-refractivity contribution in [1.29, 1.82) is 0 Å². The van der Waals surface area contributed by atoms with Crippen LogP contribution in [-0.4, -0.2) is 15.9 Å². The van der Waals surface area contributed by atoms with Crippen molar-refractivity contribution in [2.45, 2.75) is 6.92 Å². The molecule has 0 bridgehead atoms. The zero-order valence-corrected chi connectivity index (χ0v) is 9.54. The van der Waals surface area contributed by atoms with Gasteiger partial charge in [-0.15, -0.1) is 0 Å². The minimum Gasteiger partial charge on any atom is -0.327 e. The predicted molar refractivity (Wildman–Crippen MR) is 62.1 cm³/mol. The highest BCUT2D eigenvalue weighted by atomic mass is 35.5. The second-order valence-electron chi connectivity index (χ2n) is 2.64. The van der Waals surface area contributed by atoms with Crippen molar-refractivity contribution in [1.82, 2.24) is 4.98 Å². The normalized spacial score (nSPS) is 9.20. The summed E-state index contributed by atoms with van der Waals surface area (Å²) < 4.78 is 0. The molecule has 0 aliphatic heterocycles. The maximum absolute atomic E-state index is 11.2. The van der Waals surface area contributed by atoms with Gasteiger partial charge >= 0.3 is 0 Å². The molecule has 0 aliphatic rings. The van der Waals surface area contributed by atoms with Crippen molar-refractivity contribution >= 4 is 28.5 Å². The number of rotatable bonds is 1. The molecule has 0 atom stereocenters. The summed E-state index contributed by atoms with van der Waals surface area (Å²) in [5.41, 5.74) is 0.0337. The van der Waals surface area contributed by atoms with Crippen LogP contribution in [0.1, 0.15) is 12.5 Å². The van der Waals surface area contributed by atoms with Gasteiger partial charge in [0.2, 0.25) is 0 Å². The van der Waals surface area contributed by atoms with Gasteiger partial charge in [0, 0.05) is 13.1 Å². The van der Waals surface area contributed by atoms with Crippen LogP contribution in [-0.2, 0) is 4.79 Å². The Bertz CT molecular complexity index is 484. The molecule has 0 unspecified atom stereocenters. The van der Waals surface area contributed by atoms with E-state index in [9.17, 15) is 9.59 Å². The van der Waals surface area contributed by atoms with Gasteiger partial charge in [-0.3, -0.25) is 9.59 Å². The molecule has 1 heterocycles. The topological polar surface area (TPSA) is 49.9 Å². The molecule has 5 heteroatoms. The summed E-state index contributed by atoms with van der Waals surface area (Å²) in [6.45, 7) is 1.47. The Morgan fingerprint density at radius 2 is 2.40 bits per heavy atom. The summed E-state index contributed by atoms with van der Waals surface area (Å²) in [4.78, 5) is 24.2. The summed E-state index contributed by atoms with van der Waals surface area (Å²) >= 11 is 6.79. The number of nitrogens with one attached hydrogen (secondary N) is 1. The number of carbonyl (C=O) groups excluding carboxylic acids is 1. The predicted octanol–water partition coefficient (Wildman–Crippen LogP) is 1.66. The molecular formula is C10H8ClNO2S. The number of pyridine rings is 1. The number of thioether (sulfide) groups is 1. The number of aromatic amines is 1. The molecule has 1 N–H and O–H groups in total. The quantitative estimate of drug-likeness (QED) is 0.761. The summed E-state index contributed by atoms with van der Waals surface area (Å²) in [7, 11) is 0. The summed E-state index contributed by atoms with van der Waals surface area (Å²) in [6.07, 6.45) is 1.40. The Labute approximate surface area is 96.2 Å². The molecule has 0 aliphatic carbocycles. The standard InChI is InChI=1S/C10H8ClNO2S/c1-7(13)15-4-2-3-8-5-9(11)6-12-10(8)14/h5-6H,4H2,1H3,(H,12,14). The number of hydrogen-bond acceptors (Lipinski definition) is 3. The van der Waals surface area contributed by atoms with Gasteiger partial charge in [-0.2, -0.15) is 0 Å². The van der Waals surface area contributed by atoms with Crippen LogP contribution in [0, 0.1) is 11.8 Å². The second-order valence-corrected chi connectivity index (χ2v) is 4.23. The van der Waals surface area contributed by atoms with Crippen LogP contribution in [0.15, 0.2) is 17.1 Å². The van der Waals surface area contributed by atoms with E-state index in [0.29, 0.717) is 16.3 Å². The molecule has 0 saturated carbocycles. The van der Waals surface area contributed by atoms with Gasteiger partial charge in [-0.05, 0) is 6.07 Å². The van der Waals surface area contributed by atoms with Crippen LogP contribution in [0.4, 0.5) is 0 Å². The number of halogens is 1. The molecule has 0 amide bonds. The first-order valence-electron chi connectivity index (χ1n) is 4.10. The van der Waals surface area contributed by atoms with Crippen molar-refractivity contribution in [3.63, 3.8) is 0 Å². The molecule has 0 saturated heterocycles. The lowest BCUT2D eigenvalue weighted by atomic mass is 10.3. The second kappa shape index (κ2) is 5.64. The van der Waals surface area contributed by atoms with Crippen LogP contribution < -0.4 is 5.56 Å². The van der Waals surface area contributed by atoms with E-state index in [-0.39, 0.29) is 10.7 Å². The molecule has 3 nitrogen and oxygen atoms in total. The Kier molecular flexibility index (Phi) is 4.47. The van der Waals surface area contributed by atoms with Gasteiger partial charge < -0.3 is 4.98 Å². The third-order valence-corrected chi connectivity index (χ3v) is 2.35. The van der Waals surface area contributed by atoms with E-state index >= 15 is 0 Å². The molecule has 78 valence electrons. The van der Waals surface area contributed by atoms with Gasteiger partial charge in [-0.25, -0.2) is 0 Å². The molecule has 1 aromatic heterocycles. The van der Waals surface area contributed by atoms with E-state index in [1.807, 2.05) is 0 Å².